The fraction of sp³-hybridized carbons (Fsp3) is 0.409. The van der Waals surface area contributed by atoms with Gasteiger partial charge in [0.1, 0.15) is 5.82 Å². The largest absolute Gasteiger partial charge is 0.493 e. The van der Waals surface area contributed by atoms with Gasteiger partial charge in [0.2, 0.25) is 5.91 Å². The summed E-state index contributed by atoms with van der Waals surface area (Å²) in [6, 6.07) is 12.3. The van der Waals surface area contributed by atoms with Gasteiger partial charge in [0.15, 0.2) is 11.5 Å². The third-order valence-electron chi connectivity index (χ3n) is 5.12. The number of halogens is 1. The Labute approximate surface area is 165 Å². The molecular formula is C22H27FN2O3. The molecule has 0 unspecified atom stereocenters. The van der Waals surface area contributed by atoms with Gasteiger partial charge in [0.25, 0.3) is 0 Å². The summed E-state index contributed by atoms with van der Waals surface area (Å²) in [5.74, 6) is 1.37. The third kappa shape index (κ3) is 5.23. The van der Waals surface area contributed by atoms with Crippen LogP contribution >= 0.6 is 0 Å². The van der Waals surface area contributed by atoms with Gasteiger partial charge < -0.3 is 14.4 Å². The van der Waals surface area contributed by atoms with E-state index >= 15 is 0 Å². The minimum atomic E-state index is -0.249. The lowest BCUT2D eigenvalue weighted by molar-refractivity contribution is -0.133. The van der Waals surface area contributed by atoms with E-state index in [-0.39, 0.29) is 11.7 Å². The molecule has 28 heavy (non-hydrogen) atoms. The maximum atomic E-state index is 13.0. The van der Waals surface area contributed by atoms with Crippen molar-refractivity contribution in [1.82, 2.24) is 9.80 Å². The molecule has 1 fully saturated rings. The van der Waals surface area contributed by atoms with Crippen LogP contribution in [0.2, 0.25) is 0 Å². The first-order chi connectivity index (χ1) is 13.6. The number of hydrogen-bond donors (Lipinski definition) is 0. The molecule has 5 nitrogen and oxygen atoms in total. The summed E-state index contributed by atoms with van der Waals surface area (Å²) in [5, 5.41) is 0. The Morgan fingerprint density at radius 1 is 0.929 bits per heavy atom. The van der Waals surface area contributed by atoms with Crippen LogP contribution in [0.1, 0.15) is 17.5 Å². The topological polar surface area (TPSA) is 42.0 Å². The molecule has 1 heterocycles. The molecule has 0 N–H and O–H groups in total. The molecule has 0 bridgehead atoms. The van der Waals surface area contributed by atoms with Crippen molar-refractivity contribution in [2.45, 2.75) is 19.4 Å². The van der Waals surface area contributed by atoms with Crippen molar-refractivity contribution in [2.75, 3.05) is 40.4 Å². The van der Waals surface area contributed by atoms with E-state index in [0.717, 1.165) is 55.3 Å². The van der Waals surface area contributed by atoms with Gasteiger partial charge in [-0.1, -0.05) is 18.2 Å². The lowest BCUT2D eigenvalue weighted by Crippen LogP contribution is -2.48. The second kappa shape index (κ2) is 9.55. The van der Waals surface area contributed by atoms with E-state index in [1.165, 1.54) is 12.1 Å². The predicted molar refractivity (Wildman–Crippen MR) is 106 cm³/mol. The minimum absolute atomic E-state index is 0.162. The number of methoxy groups -OCH3 is 2. The summed E-state index contributed by atoms with van der Waals surface area (Å²) < 4.78 is 23.6. The van der Waals surface area contributed by atoms with E-state index in [9.17, 15) is 9.18 Å². The summed E-state index contributed by atoms with van der Waals surface area (Å²) in [4.78, 5) is 16.7. The molecule has 1 aliphatic rings. The first kappa shape index (κ1) is 20.1. The number of piperazine rings is 1. The van der Waals surface area contributed by atoms with E-state index in [1.807, 2.05) is 23.1 Å². The van der Waals surface area contributed by atoms with Gasteiger partial charge in [-0.2, -0.15) is 0 Å². The zero-order valence-corrected chi connectivity index (χ0v) is 16.5. The van der Waals surface area contributed by atoms with Gasteiger partial charge in [-0.3, -0.25) is 9.69 Å². The van der Waals surface area contributed by atoms with E-state index in [2.05, 4.69) is 4.90 Å². The quantitative estimate of drug-likeness (QED) is 0.733. The Hall–Kier alpha value is -2.60. The van der Waals surface area contributed by atoms with E-state index in [4.69, 9.17) is 9.47 Å². The van der Waals surface area contributed by atoms with Crippen LogP contribution < -0.4 is 9.47 Å². The molecule has 0 radical (unpaired) electrons. The highest BCUT2D eigenvalue weighted by Gasteiger charge is 2.21. The molecule has 150 valence electrons. The highest BCUT2D eigenvalue weighted by atomic mass is 19.1. The number of rotatable bonds is 7. The average molecular weight is 386 g/mol. The molecule has 2 aromatic rings. The molecule has 6 heteroatoms. The predicted octanol–water partition coefficient (Wildman–Crippen LogP) is 3.12. The molecule has 1 saturated heterocycles. The molecule has 3 rings (SSSR count). The summed E-state index contributed by atoms with van der Waals surface area (Å²) in [7, 11) is 3.27. The van der Waals surface area contributed by atoms with Crippen LogP contribution in [0.3, 0.4) is 0 Å². The first-order valence-corrected chi connectivity index (χ1v) is 9.54. The van der Waals surface area contributed by atoms with Crippen molar-refractivity contribution in [2.24, 2.45) is 0 Å². The first-order valence-electron chi connectivity index (χ1n) is 9.54. The summed E-state index contributed by atoms with van der Waals surface area (Å²) >= 11 is 0. The molecule has 0 aromatic heterocycles. The van der Waals surface area contributed by atoms with E-state index in [0.29, 0.717) is 12.8 Å². The molecular weight excluding hydrogens is 359 g/mol. The van der Waals surface area contributed by atoms with Gasteiger partial charge in [-0.25, -0.2) is 4.39 Å². The average Bonchev–Trinajstić information content (AvgIpc) is 2.73. The molecule has 0 atom stereocenters. The van der Waals surface area contributed by atoms with Crippen molar-refractivity contribution >= 4 is 5.91 Å². The highest BCUT2D eigenvalue weighted by molar-refractivity contribution is 5.76. The zero-order valence-electron chi connectivity index (χ0n) is 16.5. The third-order valence-corrected chi connectivity index (χ3v) is 5.12. The molecule has 1 amide bonds. The number of hydrogen-bond acceptors (Lipinski definition) is 4. The number of ether oxygens (including phenoxy) is 2. The number of benzene rings is 2. The fourth-order valence-electron chi connectivity index (χ4n) is 3.45. The van der Waals surface area contributed by atoms with Crippen molar-refractivity contribution in [1.29, 1.82) is 0 Å². The Bertz CT molecular complexity index is 787. The van der Waals surface area contributed by atoms with Gasteiger partial charge in [0, 0.05) is 39.1 Å². The highest BCUT2D eigenvalue weighted by Crippen LogP contribution is 2.28. The van der Waals surface area contributed by atoms with Gasteiger partial charge >= 0.3 is 0 Å². The Balaban J connectivity index is 1.46. The Morgan fingerprint density at radius 2 is 1.57 bits per heavy atom. The number of carbonyl (C=O) groups is 1. The number of amides is 1. The summed E-state index contributed by atoms with van der Waals surface area (Å²) in [6.45, 7) is 3.97. The van der Waals surface area contributed by atoms with Crippen LogP contribution in [0.4, 0.5) is 4.39 Å². The standard InChI is InChI=1S/C22H27FN2O3/c1-27-20-9-5-18(15-21(20)28-2)16-24-11-13-25(14-12-24)22(26)10-6-17-3-7-19(23)8-4-17/h3-5,7-9,15H,6,10-14,16H2,1-2H3. The normalized spacial score (nSPS) is 14.8. The Morgan fingerprint density at radius 3 is 2.21 bits per heavy atom. The van der Waals surface area contributed by atoms with E-state index in [1.54, 1.807) is 26.4 Å². The van der Waals surface area contributed by atoms with Crippen LogP contribution in [0.5, 0.6) is 11.5 Å². The van der Waals surface area contributed by atoms with Crippen molar-refractivity contribution in [3.8, 4) is 11.5 Å². The number of aryl methyl sites for hydroxylation is 1. The van der Waals surface area contributed by atoms with E-state index < -0.39 is 0 Å². The summed E-state index contributed by atoms with van der Waals surface area (Å²) in [5.41, 5.74) is 2.15. The van der Waals surface area contributed by atoms with Gasteiger partial charge in [-0.05, 0) is 41.8 Å². The summed E-state index contributed by atoms with van der Waals surface area (Å²) in [6.07, 6.45) is 1.10. The lowest BCUT2D eigenvalue weighted by atomic mass is 10.1. The molecule has 1 aliphatic heterocycles. The molecule has 0 aliphatic carbocycles. The fourth-order valence-corrected chi connectivity index (χ4v) is 3.45. The second-order valence-corrected chi connectivity index (χ2v) is 6.97. The zero-order chi connectivity index (χ0) is 19.9. The van der Waals surface area contributed by atoms with Crippen molar-refractivity contribution in [3.63, 3.8) is 0 Å². The monoisotopic (exact) mass is 386 g/mol. The van der Waals surface area contributed by atoms with Crippen LogP contribution in [-0.2, 0) is 17.8 Å². The van der Waals surface area contributed by atoms with Crippen LogP contribution in [0.25, 0.3) is 0 Å². The van der Waals surface area contributed by atoms with Crippen LogP contribution in [0, 0.1) is 5.82 Å². The lowest BCUT2D eigenvalue weighted by Gasteiger charge is -2.35. The van der Waals surface area contributed by atoms with Crippen LogP contribution in [0.15, 0.2) is 42.5 Å². The smallest absolute Gasteiger partial charge is 0.222 e. The van der Waals surface area contributed by atoms with Gasteiger partial charge in [-0.15, -0.1) is 0 Å². The Kier molecular flexibility index (Phi) is 6.87. The number of nitrogens with zero attached hydrogens (tertiary/aromatic N) is 2. The van der Waals surface area contributed by atoms with Gasteiger partial charge in [0.05, 0.1) is 14.2 Å². The molecule has 0 saturated carbocycles. The molecule has 0 spiro atoms. The minimum Gasteiger partial charge on any atom is -0.493 e. The maximum absolute atomic E-state index is 13.0. The second-order valence-electron chi connectivity index (χ2n) is 6.97. The van der Waals surface area contributed by atoms with Crippen molar-refractivity contribution in [3.05, 3.63) is 59.4 Å². The van der Waals surface area contributed by atoms with Crippen LogP contribution in [-0.4, -0.2) is 56.1 Å². The van der Waals surface area contributed by atoms with Crippen molar-refractivity contribution < 1.29 is 18.7 Å². The maximum Gasteiger partial charge on any atom is 0.222 e. The number of carbonyl (C=O) groups excluding carboxylic acids is 1. The SMILES string of the molecule is COc1ccc(CN2CCN(C(=O)CCc3ccc(F)cc3)CC2)cc1OC. The molecule has 2 aromatic carbocycles.